The zero-order valence-electron chi connectivity index (χ0n) is 18.6. The standard InChI is InChI=1S/C21H29N5O5/c1-15-13-23(20(27)31-21(2,3)4)10-11-24(15)19-18(26(28)29)12-22-25(19)14-16-6-8-17(30-5)9-7-16/h6-9,12,15H,10-11,13-14H2,1-5H3/t15-/m0/s1. The molecular formula is C21H29N5O5. The van der Waals surface area contributed by atoms with Gasteiger partial charge in [-0.3, -0.25) is 10.1 Å². The number of hydrogen-bond donors (Lipinski definition) is 0. The normalized spacial score (nSPS) is 16.9. The molecule has 0 radical (unpaired) electrons. The Bertz CT molecular complexity index is 935. The van der Waals surface area contributed by atoms with Gasteiger partial charge in [-0.1, -0.05) is 12.1 Å². The molecule has 1 aromatic carbocycles. The Morgan fingerprint density at radius 2 is 1.94 bits per heavy atom. The van der Waals surface area contributed by atoms with Crippen molar-refractivity contribution in [3.05, 3.63) is 46.1 Å². The van der Waals surface area contributed by atoms with Crippen molar-refractivity contribution in [2.24, 2.45) is 0 Å². The summed E-state index contributed by atoms with van der Waals surface area (Å²) in [6, 6.07) is 7.34. The molecule has 2 heterocycles. The van der Waals surface area contributed by atoms with E-state index in [9.17, 15) is 14.9 Å². The molecule has 1 fully saturated rings. The number of anilines is 1. The number of carbonyl (C=O) groups is 1. The summed E-state index contributed by atoms with van der Waals surface area (Å²) in [5, 5.41) is 16.0. The number of carbonyl (C=O) groups excluding carboxylic acids is 1. The first-order valence-corrected chi connectivity index (χ1v) is 10.2. The van der Waals surface area contributed by atoms with Crippen molar-refractivity contribution in [2.75, 3.05) is 31.6 Å². The smallest absolute Gasteiger partial charge is 0.410 e. The molecule has 1 aromatic heterocycles. The van der Waals surface area contributed by atoms with Gasteiger partial charge in [0.05, 0.1) is 18.6 Å². The Balaban J connectivity index is 1.82. The van der Waals surface area contributed by atoms with E-state index in [1.807, 2.05) is 56.9 Å². The summed E-state index contributed by atoms with van der Waals surface area (Å²) in [5.41, 5.74) is 0.318. The van der Waals surface area contributed by atoms with Crippen molar-refractivity contribution < 1.29 is 19.2 Å². The molecule has 0 spiro atoms. The number of nitro groups is 1. The maximum atomic E-state index is 12.4. The maximum absolute atomic E-state index is 12.4. The van der Waals surface area contributed by atoms with Crippen LogP contribution < -0.4 is 9.64 Å². The average molecular weight is 431 g/mol. The maximum Gasteiger partial charge on any atom is 0.410 e. The third kappa shape index (κ3) is 5.25. The van der Waals surface area contributed by atoms with Gasteiger partial charge in [0.1, 0.15) is 17.5 Å². The molecule has 0 N–H and O–H groups in total. The molecule has 0 bridgehead atoms. The summed E-state index contributed by atoms with van der Waals surface area (Å²) in [4.78, 5) is 27.3. The Labute approximate surface area is 181 Å². The van der Waals surface area contributed by atoms with Gasteiger partial charge in [-0.2, -0.15) is 5.10 Å². The molecule has 1 amide bonds. The van der Waals surface area contributed by atoms with Gasteiger partial charge in [-0.15, -0.1) is 0 Å². The first kappa shape index (κ1) is 22.4. The monoisotopic (exact) mass is 431 g/mol. The van der Waals surface area contributed by atoms with E-state index >= 15 is 0 Å². The van der Waals surface area contributed by atoms with Crippen molar-refractivity contribution in [1.29, 1.82) is 0 Å². The molecule has 1 atom stereocenters. The lowest BCUT2D eigenvalue weighted by Crippen LogP contribution is -2.55. The van der Waals surface area contributed by atoms with Crippen LogP contribution in [0.4, 0.5) is 16.3 Å². The number of hydrogen-bond acceptors (Lipinski definition) is 7. The number of benzene rings is 1. The minimum atomic E-state index is -0.576. The van der Waals surface area contributed by atoms with E-state index in [1.54, 1.807) is 16.7 Å². The summed E-state index contributed by atoms with van der Waals surface area (Å²) >= 11 is 0. The molecule has 1 aliphatic heterocycles. The van der Waals surface area contributed by atoms with Gasteiger partial charge in [0.25, 0.3) is 0 Å². The third-order valence-electron chi connectivity index (χ3n) is 5.03. The summed E-state index contributed by atoms with van der Waals surface area (Å²) in [6.07, 6.45) is 0.909. The number of rotatable bonds is 5. The lowest BCUT2D eigenvalue weighted by molar-refractivity contribution is -0.384. The van der Waals surface area contributed by atoms with Crippen molar-refractivity contribution in [1.82, 2.24) is 14.7 Å². The minimum absolute atomic E-state index is 0.0499. The topological polar surface area (TPSA) is 103 Å². The lowest BCUT2D eigenvalue weighted by atomic mass is 10.1. The molecule has 0 unspecified atom stereocenters. The highest BCUT2D eigenvalue weighted by molar-refractivity contribution is 5.69. The molecule has 2 aromatic rings. The highest BCUT2D eigenvalue weighted by atomic mass is 16.6. The van der Waals surface area contributed by atoms with Crippen LogP contribution in [-0.2, 0) is 11.3 Å². The van der Waals surface area contributed by atoms with E-state index in [-0.39, 0.29) is 17.8 Å². The van der Waals surface area contributed by atoms with Crippen LogP contribution in [0.2, 0.25) is 0 Å². The highest BCUT2D eigenvalue weighted by Crippen LogP contribution is 2.32. The predicted molar refractivity (Wildman–Crippen MR) is 116 cm³/mol. The average Bonchev–Trinajstić information content (AvgIpc) is 3.10. The Hall–Kier alpha value is -3.30. The predicted octanol–water partition coefficient (Wildman–Crippen LogP) is 3.29. The fourth-order valence-electron chi connectivity index (χ4n) is 3.58. The van der Waals surface area contributed by atoms with Gasteiger partial charge >= 0.3 is 11.8 Å². The molecular weight excluding hydrogens is 402 g/mol. The van der Waals surface area contributed by atoms with Crippen LogP contribution >= 0.6 is 0 Å². The van der Waals surface area contributed by atoms with Gasteiger partial charge in [-0.05, 0) is 45.4 Å². The van der Waals surface area contributed by atoms with E-state index in [0.717, 1.165) is 11.3 Å². The number of amides is 1. The first-order valence-electron chi connectivity index (χ1n) is 10.2. The van der Waals surface area contributed by atoms with Crippen molar-refractivity contribution >= 4 is 17.6 Å². The summed E-state index contributed by atoms with van der Waals surface area (Å²) in [5.74, 6) is 1.18. The number of aromatic nitrogens is 2. The van der Waals surface area contributed by atoms with Gasteiger partial charge < -0.3 is 19.3 Å². The number of methoxy groups -OCH3 is 1. The van der Waals surface area contributed by atoms with Crippen LogP contribution in [0.3, 0.4) is 0 Å². The van der Waals surface area contributed by atoms with Crippen LogP contribution in [0.5, 0.6) is 5.75 Å². The van der Waals surface area contributed by atoms with Crippen LogP contribution in [-0.4, -0.2) is 64.1 Å². The largest absolute Gasteiger partial charge is 0.497 e. The molecule has 1 saturated heterocycles. The Morgan fingerprint density at radius 1 is 1.26 bits per heavy atom. The van der Waals surface area contributed by atoms with Gasteiger partial charge in [0.2, 0.25) is 5.82 Å². The van der Waals surface area contributed by atoms with E-state index in [1.165, 1.54) is 6.20 Å². The first-order chi connectivity index (χ1) is 14.6. The van der Waals surface area contributed by atoms with Crippen LogP contribution in [0.15, 0.2) is 30.5 Å². The Kier molecular flexibility index (Phi) is 6.37. The minimum Gasteiger partial charge on any atom is -0.497 e. The third-order valence-corrected chi connectivity index (χ3v) is 5.03. The van der Waals surface area contributed by atoms with Crippen molar-refractivity contribution in [2.45, 2.75) is 45.9 Å². The molecule has 10 heteroatoms. The van der Waals surface area contributed by atoms with Gasteiger partial charge in [-0.25, -0.2) is 9.48 Å². The van der Waals surface area contributed by atoms with Crippen molar-refractivity contribution in [3.63, 3.8) is 0 Å². The van der Waals surface area contributed by atoms with E-state index in [0.29, 0.717) is 32.0 Å². The second-order valence-corrected chi connectivity index (χ2v) is 8.59. The highest BCUT2D eigenvalue weighted by Gasteiger charge is 2.35. The summed E-state index contributed by atoms with van der Waals surface area (Å²) < 4.78 is 12.3. The molecule has 0 saturated carbocycles. The van der Waals surface area contributed by atoms with Gasteiger partial charge in [0.15, 0.2) is 0 Å². The molecule has 10 nitrogen and oxygen atoms in total. The fourth-order valence-corrected chi connectivity index (χ4v) is 3.58. The second-order valence-electron chi connectivity index (χ2n) is 8.59. The molecule has 168 valence electrons. The van der Waals surface area contributed by atoms with Crippen LogP contribution in [0, 0.1) is 10.1 Å². The zero-order chi connectivity index (χ0) is 22.8. The van der Waals surface area contributed by atoms with Crippen LogP contribution in [0.25, 0.3) is 0 Å². The molecule has 31 heavy (non-hydrogen) atoms. The summed E-state index contributed by atoms with van der Waals surface area (Å²) in [7, 11) is 1.60. The van der Waals surface area contributed by atoms with Crippen LogP contribution in [0.1, 0.15) is 33.3 Å². The SMILES string of the molecule is COc1ccc(Cn2ncc([N+](=O)[O-])c2N2CCN(C(=O)OC(C)(C)C)C[C@@H]2C)cc1. The molecule has 1 aliphatic rings. The molecule has 3 rings (SSSR count). The number of piperazine rings is 1. The van der Waals surface area contributed by atoms with E-state index in [4.69, 9.17) is 9.47 Å². The van der Waals surface area contributed by atoms with Crippen molar-refractivity contribution in [3.8, 4) is 5.75 Å². The number of nitrogens with zero attached hydrogens (tertiary/aromatic N) is 5. The quantitative estimate of drug-likeness (QED) is 0.529. The number of ether oxygens (including phenoxy) is 2. The Morgan fingerprint density at radius 3 is 2.48 bits per heavy atom. The second kappa shape index (κ2) is 8.83. The van der Waals surface area contributed by atoms with E-state index < -0.39 is 10.5 Å². The van der Waals surface area contributed by atoms with E-state index in [2.05, 4.69) is 5.10 Å². The molecule has 0 aliphatic carbocycles. The fraction of sp³-hybridized carbons (Fsp3) is 0.524. The summed E-state index contributed by atoms with van der Waals surface area (Å²) in [6.45, 7) is 9.04. The zero-order valence-corrected chi connectivity index (χ0v) is 18.6. The lowest BCUT2D eigenvalue weighted by Gasteiger charge is -2.40. The van der Waals surface area contributed by atoms with Gasteiger partial charge in [0, 0.05) is 25.7 Å².